The predicted molar refractivity (Wildman–Crippen MR) is 115 cm³/mol. The van der Waals surface area contributed by atoms with Crippen LogP contribution in [0.15, 0.2) is 53.3 Å². The van der Waals surface area contributed by atoms with Gasteiger partial charge in [0, 0.05) is 11.6 Å². The summed E-state index contributed by atoms with van der Waals surface area (Å²) in [5, 5.41) is 34.4. The number of para-hydroxylation sites is 1. The van der Waals surface area contributed by atoms with E-state index in [1.54, 1.807) is 24.3 Å². The largest absolute Gasteiger partial charge is 0.494 e. The van der Waals surface area contributed by atoms with Crippen molar-refractivity contribution in [1.29, 1.82) is 5.26 Å². The fourth-order valence-corrected chi connectivity index (χ4v) is 2.96. The van der Waals surface area contributed by atoms with Gasteiger partial charge in [-0.25, -0.2) is 4.79 Å². The van der Waals surface area contributed by atoms with E-state index in [0.29, 0.717) is 12.4 Å². The number of aromatic nitrogens is 2. The first kappa shape index (κ1) is 21.9. The molecule has 1 heterocycles. The van der Waals surface area contributed by atoms with Crippen molar-refractivity contribution in [2.45, 2.75) is 6.92 Å². The number of benzene rings is 2. The molecule has 0 bridgehead atoms. The van der Waals surface area contributed by atoms with Crippen molar-refractivity contribution in [3.8, 4) is 17.5 Å². The van der Waals surface area contributed by atoms with Crippen LogP contribution in [0, 0.1) is 21.4 Å². The van der Waals surface area contributed by atoms with Crippen LogP contribution in [0.4, 0.5) is 5.69 Å². The zero-order valence-electron chi connectivity index (χ0n) is 16.8. The van der Waals surface area contributed by atoms with Gasteiger partial charge >= 0.3 is 5.97 Å². The molecule has 0 fully saturated rings. The van der Waals surface area contributed by atoms with Crippen LogP contribution >= 0.6 is 0 Å². The van der Waals surface area contributed by atoms with Crippen molar-refractivity contribution >= 4 is 23.8 Å². The number of hydrogen-bond acceptors (Lipinski definition) is 7. The average molecular weight is 432 g/mol. The first-order valence-electron chi connectivity index (χ1n) is 9.32. The maximum absolute atomic E-state index is 12.9. The van der Waals surface area contributed by atoms with Crippen LogP contribution in [0.5, 0.6) is 5.75 Å². The Hall–Kier alpha value is -4.78. The third-order valence-corrected chi connectivity index (χ3v) is 4.40. The van der Waals surface area contributed by atoms with Gasteiger partial charge in [-0.05, 0) is 43.3 Å². The molecule has 0 aliphatic carbocycles. The molecule has 3 rings (SSSR count). The third kappa shape index (κ3) is 4.36. The normalized spacial score (nSPS) is 10.6. The third-order valence-electron chi connectivity index (χ3n) is 4.40. The number of carboxylic acid groups (broad SMARTS) is 1. The number of aromatic carboxylic acids is 1. The van der Waals surface area contributed by atoms with Gasteiger partial charge in [0.25, 0.3) is 11.2 Å². The molecule has 0 spiro atoms. The molecule has 2 aromatic carbocycles. The van der Waals surface area contributed by atoms with Crippen molar-refractivity contribution in [1.82, 2.24) is 9.78 Å². The lowest BCUT2D eigenvalue weighted by atomic mass is 10.1. The summed E-state index contributed by atoms with van der Waals surface area (Å²) in [5.74, 6) is -0.921. The van der Waals surface area contributed by atoms with Gasteiger partial charge in [-0.15, -0.1) is 0 Å². The molecule has 0 saturated heterocycles. The van der Waals surface area contributed by atoms with E-state index in [1.807, 2.05) is 6.92 Å². The smallest absolute Gasteiger partial charge is 0.357 e. The molecular formula is C22H16N4O6. The molecule has 32 heavy (non-hydrogen) atoms. The van der Waals surface area contributed by atoms with Gasteiger partial charge < -0.3 is 9.84 Å². The molecule has 1 aromatic heterocycles. The van der Waals surface area contributed by atoms with Crippen molar-refractivity contribution in [2.75, 3.05) is 6.61 Å². The topological polar surface area (TPSA) is 148 Å². The van der Waals surface area contributed by atoms with E-state index in [1.165, 1.54) is 42.5 Å². The summed E-state index contributed by atoms with van der Waals surface area (Å²) in [6.07, 6.45) is 2.43. The van der Waals surface area contributed by atoms with Gasteiger partial charge in [-0.2, -0.15) is 15.0 Å². The summed E-state index contributed by atoms with van der Waals surface area (Å²) >= 11 is 0. The van der Waals surface area contributed by atoms with Crippen LogP contribution in [0.3, 0.4) is 0 Å². The zero-order valence-corrected chi connectivity index (χ0v) is 16.8. The molecule has 0 atom stereocenters. The van der Waals surface area contributed by atoms with E-state index in [9.17, 15) is 30.1 Å². The van der Waals surface area contributed by atoms with E-state index in [0.717, 1.165) is 4.68 Å². The van der Waals surface area contributed by atoms with Gasteiger partial charge in [0.1, 0.15) is 17.4 Å². The van der Waals surface area contributed by atoms with Crippen molar-refractivity contribution < 1.29 is 19.6 Å². The van der Waals surface area contributed by atoms with Gasteiger partial charge in [0.05, 0.1) is 22.8 Å². The maximum Gasteiger partial charge on any atom is 0.357 e. The molecule has 0 aliphatic heterocycles. The average Bonchev–Trinajstić information content (AvgIpc) is 2.78. The highest BCUT2D eigenvalue weighted by Gasteiger charge is 2.21. The molecule has 0 saturated carbocycles. The minimum Gasteiger partial charge on any atom is -0.494 e. The number of carbonyl (C=O) groups is 1. The lowest BCUT2D eigenvalue weighted by Gasteiger charge is -2.10. The van der Waals surface area contributed by atoms with Crippen molar-refractivity contribution in [3.05, 3.63) is 91.4 Å². The van der Waals surface area contributed by atoms with Crippen molar-refractivity contribution in [2.24, 2.45) is 0 Å². The van der Waals surface area contributed by atoms with E-state index in [4.69, 9.17) is 4.74 Å². The second-order valence-electron chi connectivity index (χ2n) is 6.35. The minimum absolute atomic E-state index is 0.174. The van der Waals surface area contributed by atoms with E-state index >= 15 is 0 Å². The fraction of sp³-hybridized carbons (Fsp3) is 0.0909. The van der Waals surface area contributed by atoms with Crippen LogP contribution in [0.2, 0.25) is 0 Å². The van der Waals surface area contributed by atoms with Crippen molar-refractivity contribution in [3.63, 3.8) is 0 Å². The molecular weight excluding hydrogens is 416 g/mol. The number of hydrogen-bond donors (Lipinski definition) is 1. The number of carboxylic acids is 1. The lowest BCUT2D eigenvalue weighted by molar-refractivity contribution is -0.385. The van der Waals surface area contributed by atoms with Crippen LogP contribution in [-0.2, 0) is 0 Å². The molecule has 0 aliphatic rings. The second kappa shape index (κ2) is 9.36. The number of nitro benzene ring substituents is 1. The Morgan fingerprint density at radius 1 is 1.25 bits per heavy atom. The SMILES string of the molecule is CCOc1ccc(-n2nc(C(=O)O)c(/C=C/c3ccccc3[N+](=O)[O-])c(C#N)c2=O)cc1. The summed E-state index contributed by atoms with van der Waals surface area (Å²) in [7, 11) is 0. The maximum atomic E-state index is 12.9. The Morgan fingerprint density at radius 2 is 1.94 bits per heavy atom. The van der Waals surface area contributed by atoms with E-state index < -0.39 is 27.7 Å². The van der Waals surface area contributed by atoms with Gasteiger partial charge in [0.15, 0.2) is 5.69 Å². The number of rotatable bonds is 7. The molecule has 3 aromatic rings. The zero-order chi connectivity index (χ0) is 23.3. The Balaban J connectivity index is 2.17. The molecule has 10 heteroatoms. The molecule has 1 N–H and O–H groups in total. The Kier molecular flexibility index (Phi) is 6.41. The highest BCUT2D eigenvalue weighted by atomic mass is 16.6. The first-order valence-corrected chi connectivity index (χ1v) is 9.32. The Labute approximate surface area is 181 Å². The lowest BCUT2D eigenvalue weighted by Crippen LogP contribution is -2.28. The summed E-state index contributed by atoms with van der Waals surface area (Å²) in [6.45, 7) is 2.26. The van der Waals surface area contributed by atoms with Gasteiger partial charge in [-0.1, -0.05) is 18.2 Å². The molecule has 0 amide bonds. The highest BCUT2D eigenvalue weighted by molar-refractivity contribution is 5.93. The van der Waals surface area contributed by atoms with Gasteiger partial charge in [0.2, 0.25) is 0 Å². The number of nitro groups is 1. The monoisotopic (exact) mass is 432 g/mol. The van der Waals surface area contributed by atoms with Crippen LogP contribution < -0.4 is 10.3 Å². The number of nitriles is 1. The standard InChI is InChI=1S/C22H16N4O6/c1-2-32-16-10-8-15(9-11-16)25-21(27)18(13-23)17(20(24-25)22(28)29)12-7-14-5-3-4-6-19(14)26(30)31/h3-12H,2H2,1H3,(H,28,29)/b12-7+. The predicted octanol–water partition coefficient (Wildman–Crippen LogP) is 3.28. The fourth-order valence-electron chi connectivity index (χ4n) is 2.96. The molecule has 0 unspecified atom stereocenters. The quantitative estimate of drug-likeness (QED) is 0.442. The van der Waals surface area contributed by atoms with Crippen LogP contribution in [-0.4, -0.2) is 32.4 Å². The Bertz CT molecular complexity index is 1320. The number of ether oxygens (including phenoxy) is 1. The van der Waals surface area contributed by atoms with E-state index in [-0.39, 0.29) is 22.5 Å². The number of nitrogens with zero attached hydrogens (tertiary/aromatic N) is 4. The minimum atomic E-state index is -1.47. The summed E-state index contributed by atoms with van der Waals surface area (Å²) in [5.41, 5.74) is -1.88. The van der Waals surface area contributed by atoms with Crippen LogP contribution in [0.25, 0.3) is 17.8 Å². The summed E-state index contributed by atoms with van der Waals surface area (Å²) in [6, 6.07) is 13.7. The molecule has 160 valence electrons. The molecule has 0 radical (unpaired) electrons. The Morgan fingerprint density at radius 3 is 2.53 bits per heavy atom. The second-order valence-corrected chi connectivity index (χ2v) is 6.35. The van der Waals surface area contributed by atoms with Gasteiger partial charge in [-0.3, -0.25) is 14.9 Å². The summed E-state index contributed by atoms with van der Waals surface area (Å²) < 4.78 is 6.16. The van der Waals surface area contributed by atoms with E-state index in [2.05, 4.69) is 5.10 Å². The first-order chi connectivity index (χ1) is 15.4. The molecule has 10 nitrogen and oxygen atoms in total. The van der Waals surface area contributed by atoms with Crippen LogP contribution in [0.1, 0.15) is 34.1 Å². The summed E-state index contributed by atoms with van der Waals surface area (Å²) in [4.78, 5) is 35.4. The highest BCUT2D eigenvalue weighted by Crippen LogP contribution is 2.22.